The summed E-state index contributed by atoms with van der Waals surface area (Å²) in [6.07, 6.45) is 1.48. The van der Waals surface area contributed by atoms with Crippen molar-refractivity contribution in [2.75, 3.05) is 11.7 Å². The van der Waals surface area contributed by atoms with Crippen LogP contribution in [0.25, 0.3) is 0 Å². The number of nitrogens with two attached hydrogens (primary N) is 2. The van der Waals surface area contributed by atoms with Gasteiger partial charge in [0, 0.05) is 17.4 Å². The van der Waals surface area contributed by atoms with Crippen LogP contribution in [0, 0.1) is 0 Å². The number of H-pyrrole nitrogens is 1. The van der Waals surface area contributed by atoms with Crippen molar-refractivity contribution >= 4 is 12.1 Å². The van der Waals surface area contributed by atoms with E-state index in [1.807, 2.05) is 69.2 Å². The third kappa shape index (κ3) is 9.86. The molecule has 34 heavy (non-hydrogen) atoms. The van der Waals surface area contributed by atoms with Crippen LogP contribution in [0.4, 0.5) is 4.79 Å². The normalized spacial score (nSPS) is 11.2. The Kier molecular flexibility index (Phi) is 10.7. The zero-order chi connectivity index (χ0) is 27.0. The predicted molar refractivity (Wildman–Crippen MR) is 129 cm³/mol. The Morgan fingerprint density at radius 1 is 1.00 bits per heavy atom. The van der Waals surface area contributed by atoms with Crippen molar-refractivity contribution in [3.05, 3.63) is 32.6 Å². The van der Waals surface area contributed by atoms with Crippen molar-refractivity contribution in [2.24, 2.45) is 4.99 Å². The van der Waals surface area contributed by atoms with Gasteiger partial charge in [-0.05, 0) is 41.5 Å². The van der Waals surface area contributed by atoms with Crippen LogP contribution in [0.15, 0.2) is 14.6 Å². The Morgan fingerprint density at radius 3 is 1.74 bits per heavy atom. The van der Waals surface area contributed by atoms with E-state index in [-0.39, 0.29) is 23.1 Å². The third-order valence-electron chi connectivity index (χ3n) is 3.66. The van der Waals surface area contributed by atoms with Gasteiger partial charge in [-0.3, -0.25) is 0 Å². The van der Waals surface area contributed by atoms with Crippen LogP contribution in [0.2, 0.25) is 0 Å². The van der Waals surface area contributed by atoms with E-state index in [9.17, 15) is 19.2 Å². The summed E-state index contributed by atoms with van der Waals surface area (Å²) >= 11 is 0. The summed E-state index contributed by atoms with van der Waals surface area (Å²) in [6.45, 7) is 18.5. The highest BCUT2D eigenvalue weighted by Gasteiger charge is 2.22. The summed E-state index contributed by atoms with van der Waals surface area (Å²) in [5, 5.41) is 12.5. The first-order chi connectivity index (χ1) is 15.3. The maximum Gasteiger partial charge on any atom is 0.373 e. The molecule has 0 unspecified atom stereocenters. The van der Waals surface area contributed by atoms with Gasteiger partial charge in [0.2, 0.25) is 6.08 Å². The molecule has 2 heterocycles. The van der Waals surface area contributed by atoms with Crippen molar-refractivity contribution in [2.45, 2.75) is 92.2 Å². The van der Waals surface area contributed by atoms with Gasteiger partial charge in [-0.2, -0.15) is 14.5 Å². The molecule has 0 aliphatic rings. The molecular formula is C20H38N10O4. The highest BCUT2D eigenvalue weighted by atomic mass is 16.2. The first-order valence-corrected chi connectivity index (χ1v) is 10.6. The molecule has 0 aromatic carbocycles. The fourth-order valence-corrected chi connectivity index (χ4v) is 2.15. The lowest BCUT2D eigenvalue weighted by molar-refractivity contribution is 0.229. The lowest BCUT2D eigenvalue weighted by Crippen LogP contribution is -2.47. The quantitative estimate of drug-likeness (QED) is 0.273. The molecule has 0 atom stereocenters. The van der Waals surface area contributed by atoms with Crippen LogP contribution in [-0.4, -0.2) is 52.5 Å². The van der Waals surface area contributed by atoms with Crippen LogP contribution in [-0.2, 0) is 4.79 Å². The third-order valence-corrected chi connectivity index (χ3v) is 3.66. The van der Waals surface area contributed by atoms with Crippen LogP contribution in [0.1, 0.15) is 92.7 Å². The number of carbonyl (C=O) groups excluding carboxylic acids is 2. The number of rotatable bonds is 2. The van der Waals surface area contributed by atoms with Crippen LogP contribution < -0.4 is 28.4 Å². The van der Waals surface area contributed by atoms with Crippen molar-refractivity contribution in [1.29, 1.82) is 0 Å². The molecule has 0 bridgehead atoms. The van der Waals surface area contributed by atoms with Crippen LogP contribution in [0.5, 0.6) is 0 Å². The summed E-state index contributed by atoms with van der Waals surface area (Å²) in [5.41, 5.74) is -1.70. The number of hydrogen-bond acceptors (Lipinski definition) is 9. The zero-order valence-electron chi connectivity index (χ0n) is 21.6. The molecule has 0 saturated carbocycles. The predicted octanol–water partition coefficient (Wildman–Crippen LogP) is 0.768. The van der Waals surface area contributed by atoms with E-state index >= 15 is 0 Å². The van der Waals surface area contributed by atoms with Crippen molar-refractivity contribution in [1.82, 2.24) is 34.6 Å². The van der Waals surface area contributed by atoms with Gasteiger partial charge < -0.3 is 17.0 Å². The molecule has 2 aromatic rings. The summed E-state index contributed by atoms with van der Waals surface area (Å²) in [4.78, 5) is 47.1. The molecule has 1 amide bonds. The van der Waals surface area contributed by atoms with E-state index in [0.29, 0.717) is 11.6 Å². The number of hydrogen-bond donors (Lipinski definition) is 4. The summed E-state index contributed by atoms with van der Waals surface area (Å²) < 4.78 is 2.66. The average Bonchev–Trinajstić information content (AvgIpc) is 3.14. The maximum absolute atomic E-state index is 11.8. The minimum absolute atomic E-state index is 0.0311. The largest absolute Gasteiger partial charge is 0.373 e. The molecule has 0 aliphatic carbocycles. The number of amides is 1. The summed E-state index contributed by atoms with van der Waals surface area (Å²) in [6, 6.07) is -0.575. The summed E-state index contributed by atoms with van der Waals surface area (Å²) in [5.74, 6) is 11.9. The summed E-state index contributed by atoms with van der Waals surface area (Å²) in [7, 11) is 0. The second kappa shape index (κ2) is 12.0. The fourth-order valence-electron chi connectivity index (χ4n) is 2.15. The Morgan fingerprint density at radius 2 is 1.50 bits per heavy atom. The Bertz CT molecular complexity index is 1100. The standard InChI is InChI=1S/C10H19N5O2.C5H10N4O.C5H9NO/c1-6(2)7-13-15(9(17)14(7)11)8(16)12-10(3,4)5;1-3(2)4-7-8-5(10)9(4)6;1-5(2,3)6-4-7/h6H,11H2,1-5H3,(H,12,16);3H,6H2,1-2H3,(H,8,10);1-3H3. The van der Waals surface area contributed by atoms with Gasteiger partial charge in [0.25, 0.3) is 0 Å². The number of aromatic amines is 1. The van der Waals surface area contributed by atoms with Gasteiger partial charge in [-0.25, -0.2) is 29.3 Å². The average molecular weight is 483 g/mol. The number of isocyanates is 1. The smallest absolute Gasteiger partial charge is 0.333 e. The van der Waals surface area contributed by atoms with Gasteiger partial charge in [0.1, 0.15) is 0 Å². The first-order valence-electron chi connectivity index (χ1n) is 10.6. The number of nitrogen functional groups attached to an aromatic ring is 2. The van der Waals surface area contributed by atoms with E-state index < -0.39 is 17.3 Å². The molecule has 0 saturated heterocycles. The molecular weight excluding hydrogens is 444 g/mol. The molecule has 0 aliphatic heterocycles. The Hall–Kier alpha value is -3.67. The second-order valence-corrected chi connectivity index (χ2v) is 10.0. The van der Waals surface area contributed by atoms with Gasteiger partial charge in [-0.1, -0.05) is 27.7 Å². The molecule has 0 fully saturated rings. The maximum atomic E-state index is 11.8. The van der Waals surface area contributed by atoms with E-state index in [1.165, 1.54) is 6.08 Å². The molecule has 6 N–H and O–H groups in total. The van der Waals surface area contributed by atoms with E-state index in [4.69, 9.17) is 11.7 Å². The minimum Gasteiger partial charge on any atom is -0.333 e. The SMILES string of the molecule is CC(C)(C)N=C=O.CC(C)c1n[nH]c(=O)n1N.CC(C)c1nn(C(=O)NC(C)(C)C)c(=O)n1N. The fraction of sp³-hybridized carbons (Fsp3) is 0.700. The number of nitrogens with one attached hydrogen (secondary N) is 2. The van der Waals surface area contributed by atoms with Crippen LogP contribution in [0.3, 0.4) is 0 Å². The van der Waals surface area contributed by atoms with Crippen molar-refractivity contribution in [3.63, 3.8) is 0 Å². The molecule has 0 spiro atoms. The number of aliphatic imine (C=N–C) groups is 1. The highest BCUT2D eigenvalue weighted by Crippen LogP contribution is 2.07. The topological polar surface area (TPSA) is 201 Å². The van der Waals surface area contributed by atoms with E-state index in [1.54, 1.807) is 0 Å². The highest BCUT2D eigenvalue weighted by molar-refractivity contribution is 5.76. The molecule has 14 nitrogen and oxygen atoms in total. The number of nitrogens with zero attached hydrogens (tertiary/aromatic N) is 6. The van der Waals surface area contributed by atoms with Gasteiger partial charge >= 0.3 is 17.4 Å². The lowest BCUT2D eigenvalue weighted by Gasteiger charge is -2.19. The van der Waals surface area contributed by atoms with Crippen molar-refractivity contribution < 1.29 is 9.59 Å². The van der Waals surface area contributed by atoms with Crippen LogP contribution >= 0.6 is 0 Å². The zero-order valence-corrected chi connectivity index (χ0v) is 21.6. The molecule has 2 rings (SSSR count). The Labute approximate surface area is 198 Å². The second-order valence-electron chi connectivity index (χ2n) is 10.0. The molecule has 0 radical (unpaired) electrons. The Balaban J connectivity index is 0.000000541. The van der Waals surface area contributed by atoms with Gasteiger partial charge in [-0.15, -0.1) is 9.78 Å². The van der Waals surface area contributed by atoms with E-state index in [0.717, 1.165) is 14.0 Å². The monoisotopic (exact) mass is 482 g/mol. The molecule has 2 aromatic heterocycles. The molecule has 14 heteroatoms. The van der Waals surface area contributed by atoms with Gasteiger partial charge in [0.15, 0.2) is 11.6 Å². The van der Waals surface area contributed by atoms with Crippen molar-refractivity contribution in [3.8, 4) is 0 Å². The minimum atomic E-state index is -0.643. The number of carbonyl (C=O) groups is 1. The first kappa shape index (κ1) is 30.3. The van der Waals surface area contributed by atoms with E-state index in [2.05, 4.69) is 25.6 Å². The van der Waals surface area contributed by atoms with Gasteiger partial charge in [0.05, 0.1) is 5.54 Å². The molecule has 192 valence electrons. The number of aromatic nitrogens is 6. The lowest BCUT2D eigenvalue weighted by atomic mass is 10.1.